The van der Waals surface area contributed by atoms with E-state index in [1.165, 1.54) is 28.3 Å². The highest BCUT2D eigenvalue weighted by Crippen LogP contribution is 2.34. The molecule has 2 aromatic heterocycles. The third kappa shape index (κ3) is 8.21. The molecule has 0 radical (unpaired) electrons. The Labute approximate surface area is 302 Å². The molecule has 4 atom stereocenters. The molecule has 53 heavy (non-hydrogen) atoms. The van der Waals surface area contributed by atoms with Crippen LogP contribution in [0.5, 0.6) is 5.75 Å². The predicted octanol–water partition coefficient (Wildman–Crippen LogP) is 1.96. The summed E-state index contributed by atoms with van der Waals surface area (Å²) in [7, 11) is 0. The maximum Gasteiger partial charge on any atom is 0.349 e. The number of imidazole rings is 1. The van der Waals surface area contributed by atoms with E-state index in [1.54, 1.807) is 12.1 Å². The van der Waals surface area contributed by atoms with Gasteiger partial charge in [0.15, 0.2) is 23.0 Å². The number of nitrogens with one attached hydrogen (secondary N) is 2. The van der Waals surface area contributed by atoms with Crippen LogP contribution in [0.25, 0.3) is 33.7 Å². The van der Waals surface area contributed by atoms with Crippen LogP contribution in [0.1, 0.15) is 34.8 Å². The molecular weight excluding hydrogens is 682 g/mol. The van der Waals surface area contributed by atoms with Crippen molar-refractivity contribution in [3.63, 3.8) is 0 Å². The number of nitrogens with two attached hydrogens (primary N) is 1. The third-order valence-corrected chi connectivity index (χ3v) is 8.91. The summed E-state index contributed by atoms with van der Waals surface area (Å²) in [6.45, 7) is 2.73. The van der Waals surface area contributed by atoms with Crippen LogP contribution in [0.2, 0.25) is 0 Å². The first kappa shape index (κ1) is 36.7. The molecule has 0 saturated carbocycles. The van der Waals surface area contributed by atoms with Crippen molar-refractivity contribution >= 4 is 28.0 Å². The van der Waals surface area contributed by atoms with E-state index in [2.05, 4.69) is 77.4 Å². The van der Waals surface area contributed by atoms with Gasteiger partial charge < -0.3 is 40.4 Å². The van der Waals surface area contributed by atoms with Gasteiger partial charge in [-0.3, -0.25) is 9.78 Å². The molecule has 0 fully saturated rings. The lowest BCUT2D eigenvalue weighted by atomic mass is 9.98. The fraction of sp³-hybridized carbons (Fsp3) is 0.270. The molecule has 3 aromatic carbocycles. The van der Waals surface area contributed by atoms with Gasteiger partial charge in [0.2, 0.25) is 0 Å². The Bertz CT molecular complexity index is 2410. The number of aromatic amines is 2. The van der Waals surface area contributed by atoms with Crippen LogP contribution in [0.15, 0.2) is 89.0 Å². The Morgan fingerprint density at radius 1 is 0.943 bits per heavy atom. The number of hydrogen-bond donors (Lipinski definition) is 7. The molecule has 3 aliphatic heterocycles. The van der Waals surface area contributed by atoms with E-state index < -0.39 is 36.2 Å². The number of aromatic nitrogens is 8. The summed E-state index contributed by atoms with van der Waals surface area (Å²) in [6, 6.07) is 22.3. The summed E-state index contributed by atoms with van der Waals surface area (Å²) in [6.07, 6.45) is 0.640. The van der Waals surface area contributed by atoms with Crippen molar-refractivity contribution in [2.75, 3.05) is 12.3 Å². The van der Waals surface area contributed by atoms with Crippen molar-refractivity contribution in [2.45, 2.75) is 57.6 Å². The molecular formula is C37H39N9O7. The second-order valence-electron chi connectivity index (χ2n) is 12.5. The molecule has 8 N–H and O–H groups in total. The summed E-state index contributed by atoms with van der Waals surface area (Å²) in [4.78, 5) is 48.4. The molecule has 0 saturated heterocycles. The van der Waals surface area contributed by atoms with E-state index >= 15 is 0 Å². The quantitative estimate of drug-likeness (QED) is 0.122. The number of aryl methyl sites for hydroxylation is 3. The van der Waals surface area contributed by atoms with Crippen LogP contribution >= 0.6 is 0 Å². The summed E-state index contributed by atoms with van der Waals surface area (Å²) in [5.41, 5.74) is 10.5. The van der Waals surface area contributed by atoms with Crippen molar-refractivity contribution in [2.24, 2.45) is 0 Å². The molecule has 274 valence electrons. The highest BCUT2D eigenvalue weighted by atomic mass is 16.5. The number of para-hydroxylation sites is 1. The molecule has 5 heterocycles. The standard InChI is InChI=1S/C17H20N4O6.C15H14O.C5H5N5/c1-7-3-9-10(4-8(7)2)21(5-11(23)14(25)12(24)6-22)15-13(18-9)16(26)20-17(27)19-15;1-2-6-12(7-3-1)15-11-10-13-8-4-5-9-14(13)16-15;6-4-3-5(9-1-7-3)10-2-8-4/h3-4,11-12,14,22-25H,5-6H2,1-2H3,(H,20,26,27);1-9,15H,10-11H2;1-2H,(H3,6,7,8,9,10)/t11-,12+,14-;;/m0../s1. The summed E-state index contributed by atoms with van der Waals surface area (Å²) < 4.78 is 7.42. The normalized spacial score (nSPS) is 15.3. The lowest BCUT2D eigenvalue weighted by Crippen LogP contribution is -2.42. The van der Waals surface area contributed by atoms with Gasteiger partial charge in [0.05, 0.1) is 30.5 Å². The highest BCUT2D eigenvalue weighted by molar-refractivity contribution is 5.81. The van der Waals surface area contributed by atoms with Crippen LogP contribution in [-0.4, -0.2) is 84.8 Å². The molecule has 0 aliphatic carbocycles. The van der Waals surface area contributed by atoms with Gasteiger partial charge in [-0.2, -0.15) is 4.98 Å². The maximum absolute atomic E-state index is 12.2. The minimum absolute atomic E-state index is 0.0516. The van der Waals surface area contributed by atoms with Crippen LogP contribution in [-0.2, 0) is 13.0 Å². The number of hydrogen-bond acceptors (Lipinski definition) is 13. The van der Waals surface area contributed by atoms with Crippen LogP contribution in [0.4, 0.5) is 5.82 Å². The number of ether oxygens (including phenoxy) is 1. The third-order valence-electron chi connectivity index (χ3n) is 8.91. The number of rotatable bonds is 6. The van der Waals surface area contributed by atoms with Gasteiger partial charge in [0.25, 0.3) is 5.56 Å². The molecule has 0 amide bonds. The zero-order valence-electron chi connectivity index (χ0n) is 28.9. The second kappa shape index (κ2) is 16.1. The second-order valence-corrected chi connectivity index (χ2v) is 12.5. The average molecular weight is 722 g/mol. The Hall–Kier alpha value is -6.07. The number of anilines is 1. The first-order valence-electron chi connectivity index (χ1n) is 16.8. The van der Waals surface area contributed by atoms with Gasteiger partial charge >= 0.3 is 5.69 Å². The number of aliphatic hydroxyl groups is 4. The molecule has 16 nitrogen and oxygen atoms in total. The van der Waals surface area contributed by atoms with Gasteiger partial charge in [-0.05, 0) is 67.1 Å². The predicted molar refractivity (Wildman–Crippen MR) is 196 cm³/mol. The number of benzene rings is 3. The largest absolute Gasteiger partial charge is 0.485 e. The van der Waals surface area contributed by atoms with Gasteiger partial charge in [-0.1, -0.05) is 48.5 Å². The van der Waals surface area contributed by atoms with Gasteiger partial charge in [-0.25, -0.2) is 24.7 Å². The van der Waals surface area contributed by atoms with E-state index in [9.17, 15) is 24.9 Å². The van der Waals surface area contributed by atoms with Crippen molar-refractivity contribution < 1.29 is 25.2 Å². The summed E-state index contributed by atoms with van der Waals surface area (Å²) in [5.74, 6) is 1.43. The SMILES string of the molecule is Cc1cc2nc3c(=O)[nH]c(=O)nc-3n(C[C@H](O)[C@H](O)[C@H](O)CO)c2cc1C.Nc1ncnc2nc[nH]c12.c1ccc(C2CCc3ccccc3O2)cc1. The first-order chi connectivity index (χ1) is 25.5. The summed E-state index contributed by atoms with van der Waals surface area (Å²) in [5, 5.41) is 38.8. The van der Waals surface area contributed by atoms with E-state index in [4.69, 9.17) is 15.6 Å². The number of aliphatic hydroxyl groups excluding tert-OH is 4. The van der Waals surface area contributed by atoms with E-state index in [1.807, 2.05) is 26.0 Å². The van der Waals surface area contributed by atoms with Crippen molar-refractivity contribution in [3.05, 3.63) is 122 Å². The Morgan fingerprint density at radius 2 is 1.68 bits per heavy atom. The zero-order valence-corrected chi connectivity index (χ0v) is 28.9. The summed E-state index contributed by atoms with van der Waals surface area (Å²) >= 11 is 0. The van der Waals surface area contributed by atoms with Crippen LogP contribution < -0.4 is 21.7 Å². The minimum atomic E-state index is -1.64. The molecule has 16 heteroatoms. The van der Waals surface area contributed by atoms with E-state index in [-0.39, 0.29) is 24.2 Å². The Balaban J connectivity index is 0.000000154. The van der Waals surface area contributed by atoms with E-state index in [0.717, 1.165) is 29.7 Å². The van der Waals surface area contributed by atoms with Crippen molar-refractivity contribution in [1.29, 1.82) is 0 Å². The maximum atomic E-state index is 12.2. The zero-order chi connectivity index (χ0) is 37.6. The lowest BCUT2D eigenvalue weighted by molar-refractivity contribution is -0.0802. The number of fused-ring (bicyclic) bond motifs is 4. The van der Waals surface area contributed by atoms with Gasteiger partial charge in [0.1, 0.15) is 42.0 Å². The molecule has 3 aliphatic rings. The fourth-order valence-corrected chi connectivity index (χ4v) is 5.90. The molecule has 5 aromatic rings. The number of nitrogens with zero attached hydrogens (tertiary/aromatic N) is 6. The molecule has 0 spiro atoms. The topological polar surface area (TPSA) is 251 Å². The van der Waals surface area contributed by atoms with Crippen molar-refractivity contribution in [3.8, 4) is 17.3 Å². The number of nitrogen functional groups attached to an aromatic ring is 1. The van der Waals surface area contributed by atoms with E-state index in [0.29, 0.717) is 28.0 Å². The Kier molecular flexibility index (Phi) is 11.1. The van der Waals surface area contributed by atoms with Crippen molar-refractivity contribution in [1.82, 2.24) is 39.5 Å². The molecule has 1 unspecified atom stereocenters. The Morgan fingerprint density at radius 3 is 2.43 bits per heavy atom. The monoisotopic (exact) mass is 721 g/mol. The van der Waals surface area contributed by atoms with Crippen LogP contribution in [0, 0.1) is 13.8 Å². The molecule has 0 bridgehead atoms. The first-order valence-corrected chi connectivity index (χ1v) is 16.8. The van der Waals surface area contributed by atoms with Gasteiger partial charge in [-0.15, -0.1) is 0 Å². The highest BCUT2D eigenvalue weighted by Gasteiger charge is 2.27. The fourth-order valence-electron chi connectivity index (χ4n) is 5.90. The molecule has 8 rings (SSSR count). The minimum Gasteiger partial charge on any atom is -0.485 e. The van der Waals surface area contributed by atoms with Gasteiger partial charge in [0, 0.05) is 0 Å². The van der Waals surface area contributed by atoms with Crippen LogP contribution in [0.3, 0.4) is 0 Å². The average Bonchev–Trinajstić information content (AvgIpc) is 3.66. The number of H-pyrrole nitrogens is 2. The smallest absolute Gasteiger partial charge is 0.349 e. The lowest BCUT2D eigenvalue weighted by Gasteiger charge is -2.26.